The van der Waals surface area contributed by atoms with Gasteiger partial charge in [0.25, 0.3) is 0 Å². The molecule has 2 aromatic rings. The SMILES string of the molecule is Cc1ccc(C(NN)c2ccc(Br)c(C)c2)cc1F. The Morgan fingerprint density at radius 1 is 1.05 bits per heavy atom. The highest BCUT2D eigenvalue weighted by Gasteiger charge is 2.14. The van der Waals surface area contributed by atoms with Gasteiger partial charge in [0.1, 0.15) is 5.82 Å². The highest BCUT2D eigenvalue weighted by Crippen LogP contribution is 2.26. The third kappa shape index (κ3) is 3.03. The van der Waals surface area contributed by atoms with E-state index in [-0.39, 0.29) is 11.9 Å². The summed E-state index contributed by atoms with van der Waals surface area (Å²) in [4.78, 5) is 0. The molecule has 2 nitrogen and oxygen atoms in total. The van der Waals surface area contributed by atoms with Gasteiger partial charge in [-0.2, -0.15) is 0 Å². The summed E-state index contributed by atoms with van der Waals surface area (Å²) in [5.41, 5.74) is 6.31. The van der Waals surface area contributed by atoms with Crippen molar-refractivity contribution in [3.63, 3.8) is 0 Å². The summed E-state index contributed by atoms with van der Waals surface area (Å²) in [6, 6.07) is 10.9. The third-order valence-electron chi connectivity index (χ3n) is 3.21. The van der Waals surface area contributed by atoms with Gasteiger partial charge in [0.05, 0.1) is 6.04 Å². The lowest BCUT2D eigenvalue weighted by Gasteiger charge is -2.18. The van der Waals surface area contributed by atoms with Crippen molar-refractivity contribution in [2.24, 2.45) is 5.84 Å². The van der Waals surface area contributed by atoms with Gasteiger partial charge in [-0.15, -0.1) is 0 Å². The molecule has 3 N–H and O–H groups in total. The predicted octanol–water partition coefficient (Wildman–Crippen LogP) is 3.76. The second-order valence-corrected chi connectivity index (χ2v) is 5.47. The van der Waals surface area contributed by atoms with E-state index >= 15 is 0 Å². The molecule has 0 saturated heterocycles. The van der Waals surface area contributed by atoms with Crippen molar-refractivity contribution in [2.75, 3.05) is 0 Å². The number of nitrogens with two attached hydrogens (primary N) is 1. The van der Waals surface area contributed by atoms with Crippen LogP contribution in [-0.2, 0) is 0 Å². The Bertz CT molecular complexity index is 547. The van der Waals surface area contributed by atoms with Gasteiger partial charge in [0, 0.05) is 4.47 Å². The Balaban J connectivity index is 2.43. The molecule has 0 aliphatic carbocycles. The zero-order valence-electron chi connectivity index (χ0n) is 10.9. The zero-order valence-corrected chi connectivity index (χ0v) is 12.5. The molecular formula is C15H16BrFN2. The average Bonchev–Trinajstić information content (AvgIpc) is 2.39. The number of hydrazine groups is 1. The van der Waals surface area contributed by atoms with Gasteiger partial charge >= 0.3 is 0 Å². The fraction of sp³-hybridized carbons (Fsp3) is 0.200. The number of hydrogen-bond donors (Lipinski definition) is 2. The van der Waals surface area contributed by atoms with E-state index in [1.807, 2.05) is 31.2 Å². The third-order valence-corrected chi connectivity index (χ3v) is 4.10. The maximum atomic E-state index is 13.7. The summed E-state index contributed by atoms with van der Waals surface area (Å²) in [5.74, 6) is 5.41. The fourth-order valence-electron chi connectivity index (χ4n) is 2.02. The van der Waals surface area contributed by atoms with Crippen LogP contribution in [0.2, 0.25) is 0 Å². The van der Waals surface area contributed by atoms with Crippen molar-refractivity contribution >= 4 is 15.9 Å². The number of benzene rings is 2. The molecule has 0 fully saturated rings. The van der Waals surface area contributed by atoms with Crippen LogP contribution < -0.4 is 11.3 Å². The normalized spacial score (nSPS) is 12.5. The van der Waals surface area contributed by atoms with Crippen molar-refractivity contribution in [3.05, 3.63) is 68.9 Å². The van der Waals surface area contributed by atoms with Gasteiger partial charge in [0.15, 0.2) is 0 Å². The smallest absolute Gasteiger partial charge is 0.126 e. The summed E-state index contributed by atoms with van der Waals surface area (Å²) in [7, 11) is 0. The summed E-state index contributed by atoms with van der Waals surface area (Å²) in [6.45, 7) is 3.75. The monoisotopic (exact) mass is 322 g/mol. The van der Waals surface area contributed by atoms with Crippen LogP contribution >= 0.6 is 15.9 Å². The van der Waals surface area contributed by atoms with E-state index < -0.39 is 0 Å². The molecule has 100 valence electrons. The van der Waals surface area contributed by atoms with Gasteiger partial charge in [-0.25, -0.2) is 9.82 Å². The van der Waals surface area contributed by atoms with Crippen molar-refractivity contribution < 1.29 is 4.39 Å². The second-order valence-electron chi connectivity index (χ2n) is 4.62. The molecule has 0 aromatic heterocycles. The lowest BCUT2D eigenvalue weighted by molar-refractivity contribution is 0.599. The number of hydrogen-bond acceptors (Lipinski definition) is 2. The molecule has 0 bridgehead atoms. The van der Waals surface area contributed by atoms with Crippen LogP contribution in [0.5, 0.6) is 0 Å². The van der Waals surface area contributed by atoms with E-state index in [4.69, 9.17) is 5.84 Å². The molecule has 0 aliphatic rings. The van der Waals surface area contributed by atoms with Gasteiger partial charge in [0.2, 0.25) is 0 Å². The lowest BCUT2D eigenvalue weighted by atomic mass is 9.97. The second kappa shape index (κ2) is 5.82. The topological polar surface area (TPSA) is 38.0 Å². The van der Waals surface area contributed by atoms with Crippen molar-refractivity contribution in [3.8, 4) is 0 Å². The largest absolute Gasteiger partial charge is 0.271 e. The Labute approximate surface area is 120 Å². The van der Waals surface area contributed by atoms with Crippen molar-refractivity contribution in [2.45, 2.75) is 19.9 Å². The highest BCUT2D eigenvalue weighted by atomic mass is 79.9. The van der Waals surface area contributed by atoms with Crippen LogP contribution in [0.3, 0.4) is 0 Å². The van der Waals surface area contributed by atoms with E-state index in [0.29, 0.717) is 5.56 Å². The molecule has 1 atom stereocenters. The Morgan fingerprint density at radius 3 is 2.26 bits per heavy atom. The molecule has 0 amide bonds. The highest BCUT2D eigenvalue weighted by molar-refractivity contribution is 9.10. The number of rotatable bonds is 3. The molecule has 2 rings (SSSR count). The minimum Gasteiger partial charge on any atom is -0.271 e. The van der Waals surface area contributed by atoms with Gasteiger partial charge < -0.3 is 0 Å². The van der Waals surface area contributed by atoms with Crippen LogP contribution in [0, 0.1) is 19.7 Å². The van der Waals surface area contributed by atoms with Crippen LogP contribution in [-0.4, -0.2) is 0 Å². The number of halogens is 2. The van der Waals surface area contributed by atoms with Crippen LogP contribution in [0.15, 0.2) is 40.9 Å². The zero-order chi connectivity index (χ0) is 14.0. The molecule has 0 heterocycles. The first kappa shape index (κ1) is 14.2. The first-order valence-corrected chi connectivity index (χ1v) is 6.80. The van der Waals surface area contributed by atoms with Gasteiger partial charge in [-0.1, -0.05) is 40.2 Å². The predicted molar refractivity (Wildman–Crippen MR) is 79.2 cm³/mol. The average molecular weight is 323 g/mol. The summed E-state index contributed by atoms with van der Waals surface area (Å²) in [5, 5.41) is 0. The molecule has 0 saturated carbocycles. The molecule has 0 spiro atoms. The molecular weight excluding hydrogens is 307 g/mol. The number of nitrogens with one attached hydrogen (secondary N) is 1. The van der Waals surface area contributed by atoms with Crippen molar-refractivity contribution in [1.82, 2.24) is 5.43 Å². The maximum absolute atomic E-state index is 13.7. The maximum Gasteiger partial charge on any atom is 0.126 e. The molecule has 0 aliphatic heterocycles. The quantitative estimate of drug-likeness (QED) is 0.667. The minimum atomic E-state index is -0.220. The minimum absolute atomic E-state index is 0.216. The van der Waals surface area contributed by atoms with E-state index in [9.17, 15) is 4.39 Å². The lowest BCUT2D eigenvalue weighted by Crippen LogP contribution is -2.29. The Hall–Kier alpha value is -1.23. The Morgan fingerprint density at radius 2 is 1.68 bits per heavy atom. The standard InChI is InChI=1S/C15H16BrFN2/c1-9-3-4-12(8-14(9)17)15(19-18)11-5-6-13(16)10(2)7-11/h3-8,15,19H,18H2,1-2H3. The van der Waals surface area contributed by atoms with Gasteiger partial charge in [-0.05, 0) is 48.2 Å². The van der Waals surface area contributed by atoms with Gasteiger partial charge in [-0.3, -0.25) is 5.84 Å². The first-order valence-electron chi connectivity index (χ1n) is 6.01. The van der Waals surface area contributed by atoms with E-state index in [2.05, 4.69) is 21.4 Å². The molecule has 19 heavy (non-hydrogen) atoms. The summed E-state index contributed by atoms with van der Waals surface area (Å²) in [6.07, 6.45) is 0. The van der Waals surface area contributed by atoms with Crippen LogP contribution in [0.25, 0.3) is 0 Å². The molecule has 1 unspecified atom stereocenters. The first-order chi connectivity index (χ1) is 9.02. The fourth-order valence-corrected chi connectivity index (χ4v) is 2.27. The Kier molecular flexibility index (Phi) is 4.34. The van der Waals surface area contributed by atoms with Crippen LogP contribution in [0.1, 0.15) is 28.3 Å². The molecule has 4 heteroatoms. The molecule has 0 radical (unpaired) electrons. The van der Waals surface area contributed by atoms with Crippen molar-refractivity contribution in [1.29, 1.82) is 0 Å². The summed E-state index contributed by atoms with van der Waals surface area (Å²) >= 11 is 3.47. The van der Waals surface area contributed by atoms with Crippen LogP contribution in [0.4, 0.5) is 4.39 Å². The van der Waals surface area contributed by atoms with E-state index in [1.54, 1.807) is 13.0 Å². The van der Waals surface area contributed by atoms with E-state index in [0.717, 1.165) is 21.2 Å². The van der Waals surface area contributed by atoms with E-state index in [1.165, 1.54) is 6.07 Å². The summed E-state index contributed by atoms with van der Waals surface area (Å²) < 4.78 is 14.7. The molecule has 2 aromatic carbocycles. The number of aryl methyl sites for hydroxylation is 2.